The van der Waals surface area contributed by atoms with E-state index in [-0.39, 0.29) is 23.4 Å². The number of rotatable bonds is 3. The Labute approximate surface area is 137 Å². The quantitative estimate of drug-likeness (QED) is 0.899. The largest absolute Gasteiger partial charge is 0.369 e. The highest BCUT2D eigenvalue weighted by molar-refractivity contribution is 5.90. The first-order valence-electron chi connectivity index (χ1n) is 8.39. The van der Waals surface area contributed by atoms with E-state index >= 15 is 0 Å². The van der Waals surface area contributed by atoms with Crippen molar-refractivity contribution >= 4 is 17.6 Å². The third kappa shape index (κ3) is 3.19. The lowest BCUT2D eigenvalue weighted by atomic mass is 9.88. The van der Waals surface area contributed by atoms with Crippen molar-refractivity contribution in [1.29, 1.82) is 0 Å². The van der Waals surface area contributed by atoms with Crippen LogP contribution in [0.4, 0.5) is 10.5 Å². The summed E-state index contributed by atoms with van der Waals surface area (Å²) in [4.78, 5) is 26.0. The number of nitrogens with one attached hydrogen (secondary N) is 1. The summed E-state index contributed by atoms with van der Waals surface area (Å²) in [6, 6.07) is 7.92. The molecule has 1 saturated heterocycles. The topological polar surface area (TPSA) is 75.4 Å². The third-order valence-electron chi connectivity index (χ3n) is 5.20. The molecule has 1 aromatic carbocycles. The van der Waals surface area contributed by atoms with Crippen LogP contribution in [0.3, 0.4) is 0 Å². The molecule has 3 N–H and O–H groups in total. The van der Waals surface area contributed by atoms with Crippen LogP contribution < -0.4 is 11.1 Å². The van der Waals surface area contributed by atoms with Crippen LogP contribution in [0.2, 0.25) is 0 Å². The highest BCUT2D eigenvalue weighted by atomic mass is 16.2. The van der Waals surface area contributed by atoms with Crippen molar-refractivity contribution in [3.63, 3.8) is 0 Å². The van der Waals surface area contributed by atoms with Gasteiger partial charge in [0.05, 0.1) is 0 Å². The molecule has 2 fully saturated rings. The van der Waals surface area contributed by atoms with E-state index in [0.717, 1.165) is 18.5 Å². The van der Waals surface area contributed by atoms with E-state index in [1.165, 1.54) is 5.56 Å². The zero-order chi connectivity index (χ0) is 16.6. The Morgan fingerprint density at radius 3 is 2.43 bits per heavy atom. The number of nitrogens with two attached hydrogens (primary N) is 1. The van der Waals surface area contributed by atoms with Crippen molar-refractivity contribution in [2.24, 2.45) is 11.7 Å². The molecule has 3 amide bonds. The lowest BCUT2D eigenvalue weighted by Crippen LogP contribution is -2.51. The summed E-state index contributed by atoms with van der Waals surface area (Å²) in [7, 11) is 0. The Balaban J connectivity index is 1.65. The predicted octanol–water partition coefficient (Wildman–Crippen LogP) is 3.07. The summed E-state index contributed by atoms with van der Waals surface area (Å²) >= 11 is 0. The van der Waals surface area contributed by atoms with Crippen molar-refractivity contribution in [3.8, 4) is 0 Å². The number of likely N-dealkylation sites (tertiary alicyclic amines) is 1. The fourth-order valence-electron chi connectivity index (χ4n) is 3.51. The maximum atomic E-state index is 12.6. The SMILES string of the molecule is CC(C)c1ccc(NC(=O)N2CCC(C(N)=O)CC23CC3)cc1. The number of hydrogen-bond donors (Lipinski definition) is 2. The van der Waals surface area contributed by atoms with Crippen LogP contribution in [0, 0.1) is 5.92 Å². The Morgan fingerprint density at radius 1 is 1.26 bits per heavy atom. The number of piperidine rings is 1. The second-order valence-corrected chi connectivity index (χ2v) is 7.17. The van der Waals surface area contributed by atoms with E-state index in [1.807, 2.05) is 29.2 Å². The highest BCUT2D eigenvalue weighted by Gasteiger charge is 2.54. The van der Waals surface area contributed by atoms with Gasteiger partial charge in [0.2, 0.25) is 5.91 Å². The molecule has 1 aliphatic carbocycles. The molecule has 1 atom stereocenters. The Morgan fingerprint density at radius 2 is 1.91 bits per heavy atom. The zero-order valence-electron chi connectivity index (χ0n) is 13.8. The number of nitrogens with zero attached hydrogens (tertiary/aromatic N) is 1. The third-order valence-corrected chi connectivity index (χ3v) is 5.20. The molecule has 1 unspecified atom stereocenters. The molecule has 0 radical (unpaired) electrons. The predicted molar refractivity (Wildman–Crippen MR) is 90.1 cm³/mol. The number of hydrogen-bond acceptors (Lipinski definition) is 2. The number of primary amides is 1. The Kier molecular flexibility index (Phi) is 4.04. The Bertz CT molecular complexity index is 605. The van der Waals surface area contributed by atoms with Crippen molar-refractivity contribution in [3.05, 3.63) is 29.8 Å². The number of benzene rings is 1. The van der Waals surface area contributed by atoms with E-state index in [1.54, 1.807) is 0 Å². The molecule has 5 nitrogen and oxygen atoms in total. The van der Waals surface area contributed by atoms with Crippen LogP contribution in [-0.4, -0.2) is 28.9 Å². The van der Waals surface area contributed by atoms with Crippen molar-refractivity contribution < 1.29 is 9.59 Å². The molecule has 1 aromatic rings. The molecule has 124 valence electrons. The van der Waals surface area contributed by atoms with Crippen molar-refractivity contribution in [1.82, 2.24) is 4.90 Å². The van der Waals surface area contributed by atoms with Gasteiger partial charge in [0.15, 0.2) is 0 Å². The molecule has 1 saturated carbocycles. The normalized spacial score (nSPS) is 22.2. The van der Waals surface area contributed by atoms with Crippen molar-refractivity contribution in [2.45, 2.75) is 51.0 Å². The van der Waals surface area contributed by atoms with Gasteiger partial charge in [-0.15, -0.1) is 0 Å². The molecule has 0 aromatic heterocycles. The van der Waals surface area contributed by atoms with Gasteiger partial charge in [-0.3, -0.25) is 4.79 Å². The lowest BCUT2D eigenvalue weighted by Gasteiger charge is -2.39. The van der Waals surface area contributed by atoms with Crippen molar-refractivity contribution in [2.75, 3.05) is 11.9 Å². The number of carbonyl (C=O) groups excluding carboxylic acids is 2. The van der Waals surface area contributed by atoms with E-state index < -0.39 is 0 Å². The number of urea groups is 1. The van der Waals surface area contributed by atoms with E-state index in [9.17, 15) is 9.59 Å². The average Bonchev–Trinajstić information content (AvgIpc) is 3.27. The molecule has 2 aliphatic rings. The van der Waals surface area contributed by atoms with Gasteiger partial charge in [-0.25, -0.2) is 4.79 Å². The highest BCUT2D eigenvalue weighted by Crippen LogP contribution is 2.50. The van der Waals surface area contributed by atoms with E-state index in [2.05, 4.69) is 19.2 Å². The van der Waals surface area contributed by atoms with Crippen LogP contribution >= 0.6 is 0 Å². The number of amides is 3. The van der Waals surface area contributed by atoms with Crippen LogP contribution in [0.25, 0.3) is 0 Å². The minimum absolute atomic E-state index is 0.0669. The van der Waals surface area contributed by atoms with Gasteiger partial charge in [0.1, 0.15) is 0 Å². The van der Waals surface area contributed by atoms with Gasteiger partial charge in [-0.05, 0) is 49.3 Å². The first kappa shape index (κ1) is 15.8. The first-order chi connectivity index (χ1) is 10.9. The van der Waals surface area contributed by atoms with Gasteiger partial charge < -0.3 is 16.0 Å². The summed E-state index contributed by atoms with van der Waals surface area (Å²) in [5.74, 6) is 0.148. The number of anilines is 1. The molecule has 0 bridgehead atoms. The molecule has 3 rings (SSSR count). The maximum absolute atomic E-state index is 12.6. The molecule has 5 heteroatoms. The second kappa shape index (κ2) is 5.87. The summed E-state index contributed by atoms with van der Waals surface area (Å²) in [5.41, 5.74) is 7.37. The van der Waals surface area contributed by atoms with E-state index in [0.29, 0.717) is 25.3 Å². The summed E-state index contributed by atoms with van der Waals surface area (Å²) in [5, 5.41) is 2.99. The minimum Gasteiger partial charge on any atom is -0.369 e. The molecule has 1 spiro atoms. The van der Waals surface area contributed by atoms with Gasteiger partial charge in [0, 0.05) is 23.7 Å². The summed E-state index contributed by atoms with van der Waals surface area (Å²) in [6.07, 6.45) is 3.31. The maximum Gasteiger partial charge on any atom is 0.322 e. The molecule has 1 heterocycles. The standard InChI is InChI=1S/C18H25N3O2/c1-12(2)13-3-5-15(6-4-13)20-17(23)21-10-7-14(16(19)22)11-18(21)8-9-18/h3-6,12,14H,7-11H2,1-2H3,(H2,19,22)(H,20,23). The molecule has 23 heavy (non-hydrogen) atoms. The smallest absolute Gasteiger partial charge is 0.322 e. The lowest BCUT2D eigenvalue weighted by molar-refractivity contribution is -0.123. The van der Waals surface area contributed by atoms with Gasteiger partial charge >= 0.3 is 6.03 Å². The zero-order valence-corrected chi connectivity index (χ0v) is 13.8. The van der Waals surface area contributed by atoms with Gasteiger partial charge in [-0.2, -0.15) is 0 Å². The molecular formula is C18H25N3O2. The molecule has 1 aliphatic heterocycles. The monoisotopic (exact) mass is 315 g/mol. The minimum atomic E-state index is -0.236. The average molecular weight is 315 g/mol. The number of carbonyl (C=O) groups is 2. The summed E-state index contributed by atoms with van der Waals surface area (Å²) < 4.78 is 0. The van der Waals surface area contributed by atoms with Crippen LogP contribution in [0.15, 0.2) is 24.3 Å². The molecular weight excluding hydrogens is 290 g/mol. The van der Waals surface area contributed by atoms with E-state index in [4.69, 9.17) is 5.73 Å². The summed E-state index contributed by atoms with van der Waals surface area (Å²) in [6.45, 7) is 4.89. The first-order valence-corrected chi connectivity index (χ1v) is 8.39. The fourth-order valence-corrected chi connectivity index (χ4v) is 3.51. The fraction of sp³-hybridized carbons (Fsp3) is 0.556. The van der Waals surface area contributed by atoms with Crippen LogP contribution in [-0.2, 0) is 4.79 Å². The van der Waals surface area contributed by atoms with Gasteiger partial charge in [-0.1, -0.05) is 26.0 Å². The van der Waals surface area contributed by atoms with Crippen LogP contribution in [0.5, 0.6) is 0 Å². The second-order valence-electron chi connectivity index (χ2n) is 7.17. The van der Waals surface area contributed by atoms with Gasteiger partial charge in [0.25, 0.3) is 0 Å². The Hall–Kier alpha value is -2.04. The van der Waals surface area contributed by atoms with Crippen LogP contribution in [0.1, 0.15) is 51.0 Å².